The summed E-state index contributed by atoms with van der Waals surface area (Å²) in [6.45, 7) is 3.48. The topological polar surface area (TPSA) is 92.3 Å². The molecule has 8 heteroatoms. The van der Waals surface area contributed by atoms with E-state index in [9.17, 15) is 13.2 Å². The molecule has 2 rings (SSSR count). The van der Waals surface area contributed by atoms with Gasteiger partial charge in [-0.1, -0.05) is 6.92 Å². The van der Waals surface area contributed by atoms with Crippen LogP contribution >= 0.6 is 0 Å². The lowest BCUT2D eigenvalue weighted by atomic mass is 9.98. The molecular formula is C14H22N4O3S. The Morgan fingerprint density at radius 1 is 1.36 bits per heavy atom. The molecule has 1 saturated heterocycles. The van der Waals surface area contributed by atoms with E-state index in [0.717, 1.165) is 12.8 Å². The molecule has 1 fully saturated rings. The summed E-state index contributed by atoms with van der Waals surface area (Å²) in [5.41, 5.74) is 0.297. The Balaban J connectivity index is 1.77. The van der Waals surface area contributed by atoms with E-state index in [0.29, 0.717) is 37.7 Å². The number of nitrogens with one attached hydrogen (secondary N) is 1. The normalized spacial score (nSPS) is 17.3. The number of carbonyl (C=O) groups is 1. The van der Waals surface area contributed by atoms with Gasteiger partial charge in [-0.2, -0.15) is 0 Å². The number of nitrogens with zero attached hydrogens (tertiary/aromatic N) is 3. The third kappa shape index (κ3) is 4.48. The molecule has 0 radical (unpaired) electrons. The van der Waals surface area contributed by atoms with Gasteiger partial charge in [0, 0.05) is 32.0 Å². The van der Waals surface area contributed by atoms with Crippen LogP contribution < -0.4 is 5.32 Å². The van der Waals surface area contributed by atoms with E-state index in [2.05, 4.69) is 15.3 Å². The molecule has 1 amide bonds. The number of hydrogen-bond acceptors (Lipinski definition) is 5. The Morgan fingerprint density at radius 2 is 2.09 bits per heavy atom. The molecule has 1 aromatic rings. The van der Waals surface area contributed by atoms with E-state index < -0.39 is 10.0 Å². The monoisotopic (exact) mass is 326 g/mol. The van der Waals surface area contributed by atoms with Crippen molar-refractivity contribution in [2.45, 2.75) is 26.2 Å². The van der Waals surface area contributed by atoms with Crippen molar-refractivity contribution in [3.05, 3.63) is 24.3 Å². The van der Waals surface area contributed by atoms with Crippen molar-refractivity contribution in [2.24, 2.45) is 5.92 Å². The number of aromatic nitrogens is 2. The fraction of sp³-hybridized carbons (Fsp3) is 0.643. The molecular weight excluding hydrogens is 304 g/mol. The quantitative estimate of drug-likeness (QED) is 0.829. The molecule has 0 aliphatic carbocycles. The van der Waals surface area contributed by atoms with Crippen molar-refractivity contribution >= 4 is 15.9 Å². The van der Waals surface area contributed by atoms with Gasteiger partial charge >= 0.3 is 0 Å². The summed E-state index contributed by atoms with van der Waals surface area (Å²) in [4.78, 5) is 19.7. The van der Waals surface area contributed by atoms with Crippen LogP contribution in [0.4, 0.5) is 0 Å². The van der Waals surface area contributed by atoms with Crippen molar-refractivity contribution in [1.82, 2.24) is 19.6 Å². The zero-order valence-electron chi connectivity index (χ0n) is 12.7. The summed E-state index contributed by atoms with van der Waals surface area (Å²) in [6, 6.07) is 0. The summed E-state index contributed by atoms with van der Waals surface area (Å²) < 4.78 is 25.5. The lowest BCUT2D eigenvalue weighted by Gasteiger charge is -2.31. The average Bonchev–Trinajstić information content (AvgIpc) is 2.54. The van der Waals surface area contributed by atoms with Crippen LogP contribution in [0, 0.1) is 5.92 Å². The maximum absolute atomic E-state index is 12.0. The number of hydrogen-bond donors (Lipinski definition) is 1. The highest BCUT2D eigenvalue weighted by molar-refractivity contribution is 7.89. The summed E-state index contributed by atoms with van der Waals surface area (Å²) in [7, 11) is -3.10. The SMILES string of the molecule is CCCS(=O)(=O)N1CCC(CNC(=O)c2cnccn2)CC1. The van der Waals surface area contributed by atoms with Gasteiger partial charge in [-0.3, -0.25) is 9.78 Å². The van der Waals surface area contributed by atoms with Crippen LogP contribution in [0.1, 0.15) is 36.7 Å². The van der Waals surface area contributed by atoms with Crippen molar-refractivity contribution in [1.29, 1.82) is 0 Å². The molecule has 1 aliphatic rings. The van der Waals surface area contributed by atoms with E-state index in [-0.39, 0.29) is 11.7 Å². The number of piperidine rings is 1. The van der Waals surface area contributed by atoms with Crippen LogP contribution in [0.3, 0.4) is 0 Å². The van der Waals surface area contributed by atoms with Gasteiger partial charge in [-0.15, -0.1) is 0 Å². The van der Waals surface area contributed by atoms with E-state index in [1.807, 2.05) is 6.92 Å². The molecule has 0 saturated carbocycles. The minimum atomic E-state index is -3.10. The molecule has 2 heterocycles. The zero-order chi connectivity index (χ0) is 16.0. The molecule has 0 aromatic carbocycles. The fourth-order valence-corrected chi connectivity index (χ4v) is 4.06. The largest absolute Gasteiger partial charge is 0.350 e. The lowest BCUT2D eigenvalue weighted by molar-refractivity contribution is 0.0936. The van der Waals surface area contributed by atoms with Crippen LogP contribution in [-0.2, 0) is 10.0 Å². The Labute approximate surface area is 131 Å². The van der Waals surface area contributed by atoms with Gasteiger partial charge in [0.15, 0.2) is 0 Å². The Morgan fingerprint density at radius 3 is 2.68 bits per heavy atom. The molecule has 1 N–H and O–H groups in total. The van der Waals surface area contributed by atoms with Gasteiger partial charge in [0.25, 0.3) is 5.91 Å². The lowest BCUT2D eigenvalue weighted by Crippen LogP contribution is -2.42. The first-order valence-electron chi connectivity index (χ1n) is 7.55. The Bertz CT molecular complexity index is 583. The number of rotatable bonds is 6. The first-order chi connectivity index (χ1) is 10.5. The van der Waals surface area contributed by atoms with Crippen LogP contribution in [0.5, 0.6) is 0 Å². The van der Waals surface area contributed by atoms with Gasteiger partial charge in [0.2, 0.25) is 10.0 Å². The Kier molecular flexibility index (Phi) is 5.84. The second-order valence-electron chi connectivity index (χ2n) is 5.46. The van der Waals surface area contributed by atoms with Gasteiger partial charge in [-0.25, -0.2) is 17.7 Å². The Hall–Kier alpha value is -1.54. The van der Waals surface area contributed by atoms with Crippen molar-refractivity contribution in [2.75, 3.05) is 25.4 Å². The minimum absolute atomic E-state index is 0.209. The summed E-state index contributed by atoms with van der Waals surface area (Å²) >= 11 is 0. The van der Waals surface area contributed by atoms with Crippen LogP contribution in [0.2, 0.25) is 0 Å². The van der Waals surface area contributed by atoms with Crippen LogP contribution in [0.25, 0.3) is 0 Å². The molecule has 0 bridgehead atoms. The van der Waals surface area contributed by atoms with Gasteiger partial charge in [0.05, 0.1) is 11.9 Å². The third-order valence-corrected chi connectivity index (χ3v) is 5.85. The van der Waals surface area contributed by atoms with Crippen LogP contribution in [-0.4, -0.2) is 54.0 Å². The minimum Gasteiger partial charge on any atom is -0.350 e. The van der Waals surface area contributed by atoms with Crippen molar-refractivity contribution in [3.63, 3.8) is 0 Å². The average molecular weight is 326 g/mol. The second-order valence-corrected chi connectivity index (χ2v) is 7.55. The molecule has 22 heavy (non-hydrogen) atoms. The molecule has 0 spiro atoms. The van der Waals surface area contributed by atoms with Crippen molar-refractivity contribution in [3.8, 4) is 0 Å². The second kappa shape index (κ2) is 7.64. The predicted octanol–water partition coefficient (Wildman–Crippen LogP) is 0.658. The number of sulfonamides is 1. The zero-order valence-corrected chi connectivity index (χ0v) is 13.6. The standard InChI is InChI=1S/C14H22N4O3S/c1-2-9-22(20,21)18-7-3-12(4-8-18)10-17-14(19)13-11-15-5-6-16-13/h5-6,11-12H,2-4,7-10H2,1H3,(H,17,19). The van der Waals surface area contributed by atoms with Gasteiger partial charge < -0.3 is 5.32 Å². The fourth-order valence-electron chi connectivity index (χ4n) is 2.52. The number of carbonyl (C=O) groups excluding carboxylic acids is 1. The summed E-state index contributed by atoms with van der Waals surface area (Å²) in [6.07, 6.45) is 6.59. The maximum atomic E-state index is 12.0. The molecule has 122 valence electrons. The van der Waals surface area contributed by atoms with E-state index >= 15 is 0 Å². The predicted molar refractivity (Wildman–Crippen MR) is 82.7 cm³/mol. The molecule has 0 atom stereocenters. The molecule has 1 aromatic heterocycles. The highest BCUT2D eigenvalue weighted by Crippen LogP contribution is 2.19. The van der Waals surface area contributed by atoms with E-state index in [1.165, 1.54) is 18.6 Å². The van der Waals surface area contributed by atoms with Gasteiger partial charge in [0.1, 0.15) is 5.69 Å². The van der Waals surface area contributed by atoms with E-state index in [4.69, 9.17) is 0 Å². The van der Waals surface area contributed by atoms with Crippen molar-refractivity contribution < 1.29 is 13.2 Å². The third-order valence-electron chi connectivity index (χ3n) is 3.78. The summed E-state index contributed by atoms with van der Waals surface area (Å²) in [5, 5.41) is 2.84. The first kappa shape index (κ1) is 16.8. The molecule has 1 aliphatic heterocycles. The van der Waals surface area contributed by atoms with Gasteiger partial charge in [-0.05, 0) is 25.2 Å². The highest BCUT2D eigenvalue weighted by atomic mass is 32.2. The molecule has 0 unspecified atom stereocenters. The maximum Gasteiger partial charge on any atom is 0.271 e. The van der Waals surface area contributed by atoms with E-state index in [1.54, 1.807) is 4.31 Å². The molecule has 7 nitrogen and oxygen atoms in total. The van der Waals surface area contributed by atoms with Crippen LogP contribution in [0.15, 0.2) is 18.6 Å². The number of amides is 1. The summed E-state index contributed by atoms with van der Waals surface area (Å²) in [5.74, 6) is 0.268. The first-order valence-corrected chi connectivity index (χ1v) is 9.16. The highest BCUT2D eigenvalue weighted by Gasteiger charge is 2.27. The smallest absolute Gasteiger partial charge is 0.271 e.